The van der Waals surface area contributed by atoms with Crippen molar-refractivity contribution in [3.05, 3.63) is 46.5 Å². The van der Waals surface area contributed by atoms with E-state index in [9.17, 15) is 18.0 Å². The number of rotatable bonds is 5. The zero-order chi connectivity index (χ0) is 19.6. The molecule has 1 fully saturated rings. The Morgan fingerprint density at radius 2 is 1.89 bits per heavy atom. The van der Waals surface area contributed by atoms with Gasteiger partial charge in [-0.2, -0.15) is 18.2 Å². The SMILES string of the molecule is COc1ccc(C(=O)Nc2c(F)c(F)nc(F)c2Cl)cc1OC1CCCC1. The summed E-state index contributed by atoms with van der Waals surface area (Å²) in [6.07, 6.45) is 3.94. The molecule has 9 heteroatoms. The Bertz CT molecular complexity index is 847. The highest BCUT2D eigenvalue weighted by Gasteiger charge is 2.23. The van der Waals surface area contributed by atoms with Crippen LogP contribution in [0.4, 0.5) is 18.9 Å². The smallest absolute Gasteiger partial charge is 0.255 e. The van der Waals surface area contributed by atoms with Gasteiger partial charge in [-0.3, -0.25) is 4.79 Å². The molecule has 1 aromatic carbocycles. The van der Waals surface area contributed by atoms with Gasteiger partial charge in [0.1, 0.15) is 10.7 Å². The van der Waals surface area contributed by atoms with Crippen molar-refractivity contribution in [1.29, 1.82) is 0 Å². The maximum atomic E-state index is 13.8. The van der Waals surface area contributed by atoms with E-state index < -0.39 is 34.3 Å². The maximum absolute atomic E-state index is 13.8. The highest BCUT2D eigenvalue weighted by atomic mass is 35.5. The number of amides is 1. The fraction of sp³-hybridized carbons (Fsp3) is 0.333. The lowest BCUT2D eigenvalue weighted by Gasteiger charge is -2.17. The first-order valence-corrected chi connectivity index (χ1v) is 8.64. The van der Waals surface area contributed by atoms with Gasteiger partial charge in [0.15, 0.2) is 11.5 Å². The lowest BCUT2D eigenvalue weighted by atomic mass is 10.1. The van der Waals surface area contributed by atoms with Crippen molar-refractivity contribution < 1.29 is 27.4 Å². The summed E-state index contributed by atoms with van der Waals surface area (Å²) in [5, 5.41) is 1.25. The van der Waals surface area contributed by atoms with Gasteiger partial charge in [-0.05, 0) is 43.9 Å². The van der Waals surface area contributed by atoms with Gasteiger partial charge in [-0.25, -0.2) is 0 Å². The first-order valence-electron chi connectivity index (χ1n) is 8.26. The highest BCUT2D eigenvalue weighted by molar-refractivity contribution is 6.34. The molecule has 0 atom stereocenters. The van der Waals surface area contributed by atoms with Crippen molar-refractivity contribution in [3.63, 3.8) is 0 Å². The minimum Gasteiger partial charge on any atom is -0.493 e. The second kappa shape index (κ2) is 8.04. The molecule has 1 saturated carbocycles. The Labute approximate surface area is 158 Å². The number of ether oxygens (including phenoxy) is 2. The molecule has 1 N–H and O–H groups in total. The number of aromatic nitrogens is 1. The number of hydrogen-bond donors (Lipinski definition) is 1. The number of carbonyl (C=O) groups excluding carboxylic acids is 1. The monoisotopic (exact) mass is 400 g/mol. The second-order valence-corrected chi connectivity index (χ2v) is 6.42. The van der Waals surface area contributed by atoms with Crippen LogP contribution in [0.2, 0.25) is 5.02 Å². The van der Waals surface area contributed by atoms with Gasteiger partial charge < -0.3 is 14.8 Å². The quantitative estimate of drug-likeness (QED) is 0.737. The van der Waals surface area contributed by atoms with Crippen LogP contribution in [0.25, 0.3) is 0 Å². The molecule has 5 nitrogen and oxygen atoms in total. The van der Waals surface area contributed by atoms with Gasteiger partial charge in [0.25, 0.3) is 11.9 Å². The Hall–Kier alpha value is -2.48. The Morgan fingerprint density at radius 3 is 2.56 bits per heavy atom. The molecule has 0 saturated heterocycles. The summed E-state index contributed by atoms with van der Waals surface area (Å²) < 4.78 is 51.7. The highest BCUT2D eigenvalue weighted by Crippen LogP contribution is 2.33. The number of benzene rings is 1. The fourth-order valence-corrected chi connectivity index (χ4v) is 3.05. The van der Waals surface area contributed by atoms with Crippen molar-refractivity contribution in [2.45, 2.75) is 31.8 Å². The van der Waals surface area contributed by atoms with Crippen molar-refractivity contribution >= 4 is 23.2 Å². The lowest BCUT2D eigenvalue weighted by molar-refractivity contribution is 0.102. The molecule has 3 rings (SSSR count). The summed E-state index contributed by atoms with van der Waals surface area (Å²) in [6, 6.07) is 4.35. The van der Waals surface area contributed by atoms with Gasteiger partial charge in [-0.15, -0.1) is 0 Å². The summed E-state index contributed by atoms with van der Waals surface area (Å²) in [7, 11) is 1.47. The normalized spacial score (nSPS) is 14.3. The van der Waals surface area contributed by atoms with E-state index in [1.807, 2.05) is 0 Å². The van der Waals surface area contributed by atoms with Crippen LogP contribution in [0.15, 0.2) is 18.2 Å². The third-order valence-electron chi connectivity index (χ3n) is 4.26. The Kier molecular flexibility index (Phi) is 5.74. The van der Waals surface area contributed by atoms with Gasteiger partial charge in [0, 0.05) is 5.56 Å². The van der Waals surface area contributed by atoms with E-state index in [2.05, 4.69) is 10.3 Å². The predicted octanol–water partition coefficient (Wildman–Crippen LogP) is 4.73. The standard InChI is InChI=1S/C18H16ClF3N2O3/c1-26-11-7-6-9(8-12(11)27-10-4-2-3-5-10)18(25)23-15-13(19)16(21)24-17(22)14(15)20/h6-8,10H,2-5H2,1H3,(H,23,24,25). The van der Waals surface area contributed by atoms with Gasteiger partial charge >= 0.3 is 0 Å². The summed E-state index contributed by atoms with van der Waals surface area (Å²) in [6.45, 7) is 0. The summed E-state index contributed by atoms with van der Waals surface area (Å²) >= 11 is 5.59. The van der Waals surface area contributed by atoms with Crippen molar-refractivity contribution in [2.75, 3.05) is 12.4 Å². The molecule has 0 unspecified atom stereocenters. The first kappa shape index (κ1) is 19.3. The van der Waals surface area contributed by atoms with E-state index in [1.165, 1.54) is 25.3 Å². The van der Waals surface area contributed by atoms with Crippen molar-refractivity contribution in [3.8, 4) is 11.5 Å². The molecular weight excluding hydrogens is 385 g/mol. The van der Waals surface area contributed by atoms with Gasteiger partial charge in [0.05, 0.1) is 13.2 Å². The minimum absolute atomic E-state index is 0.0208. The van der Waals surface area contributed by atoms with E-state index in [4.69, 9.17) is 21.1 Å². The minimum atomic E-state index is -1.70. The van der Waals surface area contributed by atoms with E-state index >= 15 is 0 Å². The Balaban J connectivity index is 1.87. The van der Waals surface area contributed by atoms with Crippen LogP contribution in [-0.2, 0) is 0 Å². The summed E-state index contributed by atoms with van der Waals surface area (Å²) in [5.41, 5.74) is -0.738. The molecular formula is C18H16ClF3N2O3. The van der Waals surface area contributed by atoms with Crippen LogP contribution < -0.4 is 14.8 Å². The van der Waals surface area contributed by atoms with E-state index in [-0.39, 0.29) is 11.7 Å². The summed E-state index contributed by atoms with van der Waals surface area (Å²) in [4.78, 5) is 15.1. The first-order chi connectivity index (χ1) is 12.9. The number of carbonyl (C=O) groups is 1. The van der Waals surface area contributed by atoms with Gasteiger partial charge in [0.2, 0.25) is 11.8 Å². The van der Waals surface area contributed by atoms with Crippen LogP contribution in [0.5, 0.6) is 11.5 Å². The lowest BCUT2D eigenvalue weighted by Crippen LogP contribution is -2.16. The fourth-order valence-electron chi connectivity index (χ4n) is 2.88. The molecule has 1 aromatic heterocycles. The van der Waals surface area contributed by atoms with Crippen molar-refractivity contribution in [2.24, 2.45) is 0 Å². The second-order valence-electron chi connectivity index (χ2n) is 6.04. The molecule has 0 bridgehead atoms. The molecule has 1 aliphatic carbocycles. The molecule has 0 aliphatic heterocycles. The van der Waals surface area contributed by atoms with Crippen LogP contribution in [0, 0.1) is 17.7 Å². The van der Waals surface area contributed by atoms with Crippen LogP contribution in [0.1, 0.15) is 36.0 Å². The third kappa shape index (κ3) is 4.10. The number of methoxy groups -OCH3 is 1. The van der Waals surface area contributed by atoms with Crippen LogP contribution in [0.3, 0.4) is 0 Å². The topological polar surface area (TPSA) is 60.5 Å². The Morgan fingerprint density at radius 1 is 1.19 bits per heavy atom. The predicted molar refractivity (Wildman–Crippen MR) is 93.0 cm³/mol. The molecule has 2 aromatic rings. The third-order valence-corrected chi connectivity index (χ3v) is 4.60. The molecule has 1 amide bonds. The average molecular weight is 401 g/mol. The largest absolute Gasteiger partial charge is 0.493 e. The van der Waals surface area contributed by atoms with Crippen molar-refractivity contribution in [1.82, 2.24) is 4.98 Å². The van der Waals surface area contributed by atoms with Crippen LogP contribution in [-0.4, -0.2) is 24.1 Å². The zero-order valence-electron chi connectivity index (χ0n) is 14.3. The average Bonchev–Trinajstić information content (AvgIpc) is 3.16. The number of hydrogen-bond acceptors (Lipinski definition) is 4. The number of nitrogens with one attached hydrogen (secondary N) is 1. The zero-order valence-corrected chi connectivity index (χ0v) is 15.1. The van der Waals surface area contributed by atoms with E-state index in [0.29, 0.717) is 11.5 Å². The molecule has 1 heterocycles. The molecule has 144 valence electrons. The van der Waals surface area contributed by atoms with E-state index in [0.717, 1.165) is 25.7 Å². The molecule has 0 radical (unpaired) electrons. The molecule has 1 aliphatic rings. The summed E-state index contributed by atoms with van der Waals surface area (Å²) in [5.74, 6) is -4.71. The molecule has 27 heavy (non-hydrogen) atoms. The number of pyridine rings is 1. The number of nitrogens with zero attached hydrogens (tertiary/aromatic N) is 1. The maximum Gasteiger partial charge on any atom is 0.255 e. The van der Waals surface area contributed by atoms with Gasteiger partial charge in [-0.1, -0.05) is 11.6 Å². The van der Waals surface area contributed by atoms with Crippen LogP contribution >= 0.6 is 11.6 Å². The van der Waals surface area contributed by atoms with E-state index in [1.54, 1.807) is 0 Å². The molecule has 0 spiro atoms. The number of halogens is 4. The number of anilines is 1.